The Labute approximate surface area is 158 Å². The van der Waals surface area contributed by atoms with Crippen LogP contribution in [-0.4, -0.2) is 37.4 Å². The van der Waals surface area contributed by atoms with E-state index in [4.69, 9.17) is 0 Å². The van der Waals surface area contributed by atoms with Crippen molar-refractivity contribution in [2.45, 2.75) is 19.9 Å². The molecule has 1 atom stereocenters. The zero-order chi connectivity index (χ0) is 19.2. The Morgan fingerprint density at radius 3 is 2.33 bits per heavy atom. The topological polar surface area (TPSA) is 74.8 Å². The molecule has 2 amide bonds. The fourth-order valence-corrected chi connectivity index (χ4v) is 5.50. The number of carbonyl (C=O) groups excluding carboxylic acids is 2. The maximum absolute atomic E-state index is 12.8. The maximum Gasteiger partial charge on any atom is 0.254 e. The van der Waals surface area contributed by atoms with Crippen LogP contribution in [0.4, 0.5) is 5.69 Å². The number of carbonyl (C=O) groups is 2. The fraction of sp³-hybridized carbons (Fsp3) is 0.300. The SMILES string of the molecule is C[C@H]1CS(=O)(=O)N(c2ccc(C(=O)N3CCc4ccccc4C3)cc2)C1=O. The van der Waals surface area contributed by atoms with Gasteiger partial charge in [0, 0.05) is 18.7 Å². The molecule has 27 heavy (non-hydrogen) atoms. The molecular formula is C20H20N2O4S. The summed E-state index contributed by atoms with van der Waals surface area (Å²) < 4.78 is 25.2. The van der Waals surface area contributed by atoms with Gasteiger partial charge >= 0.3 is 0 Å². The van der Waals surface area contributed by atoms with Crippen molar-refractivity contribution in [2.24, 2.45) is 5.92 Å². The molecule has 6 nitrogen and oxygen atoms in total. The molecule has 0 unspecified atom stereocenters. The standard InChI is InChI=1S/C20H20N2O4S/c1-14-13-27(25,26)22(19(14)23)18-8-6-16(7-9-18)20(24)21-11-10-15-4-2-3-5-17(15)12-21/h2-9,14H,10-13H2,1H3/t14-/m0/s1. The maximum atomic E-state index is 12.8. The molecule has 2 aliphatic rings. The number of amides is 2. The molecule has 4 rings (SSSR count). The molecule has 0 aromatic heterocycles. The molecule has 0 N–H and O–H groups in total. The molecule has 2 aromatic rings. The number of benzene rings is 2. The molecule has 0 radical (unpaired) electrons. The molecular weight excluding hydrogens is 364 g/mol. The first-order valence-electron chi connectivity index (χ1n) is 8.90. The zero-order valence-electron chi connectivity index (χ0n) is 15.0. The van der Waals surface area contributed by atoms with Crippen molar-refractivity contribution in [1.82, 2.24) is 4.90 Å². The molecule has 0 spiro atoms. The van der Waals surface area contributed by atoms with Crippen LogP contribution in [-0.2, 0) is 27.8 Å². The summed E-state index contributed by atoms with van der Waals surface area (Å²) in [6, 6.07) is 14.3. The first-order chi connectivity index (χ1) is 12.9. The molecule has 1 fully saturated rings. The summed E-state index contributed by atoms with van der Waals surface area (Å²) in [5.74, 6) is -1.26. The van der Waals surface area contributed by atoms with Gasteiger partial charge in [0.2, 0.25) is 15.9 Å². The van der Waals surface area contributed by atoms with E-state index in [9.17, 15) is 18.0 Å². The Bertz CT molecular complexity index is 1010. The van der Waals surface area contributed by atoms with Gasteiger partial charge in [0.1, 0.15) is 0 Å². The van der Waals surface area contributed by atoms with E-state index in [-0.39, 0.29) is 17.3 Å². The van der Waals surface area contributed by atoms with E-state index < -0.39 is 21.8 Å². The molecule has 7 heteroatoms. The molecule has 0 saturated carbocycles. The molecule has 0 aliphatic carbocycles. The lowest BCUT2D eigenvalue weighted by Gasteiger charge is -2.29. The van der Waals surface area contributed by atoms with Crippen LogP contribution < -0.4 is 4.31 Å². The number of sulfonamides is 1. The van der Waals surface area contributed by atoms with Gasteiger partial charge in [-0.2, -0.15) is 0 Å². The highest BCUT2D eigenvalue weighted by atomic mass is 32.2. The van der Waals surface area contributed by atoms with Crippen molar-refractivity contribution in [3.8, 4) is 0 Å². The quantitative estimate of drug-likeness (QED) is 0.796. The predicted octanol–water partition coefficient (Wildman–Crippen LogP) is 2.20. The number of nitrogens with zero attached hydrogens (tertiary/aromatic N) is 2. The monoisotopic (exact) mass is 384 g/mol. The van der Waals surface area contributed by atoms with Crippen molar-refractivity contribution in [2.75, 3.05) is 16.6 Å². The molecule has 2 heterocycles. The predicted molar refractivity (Wildman–Crippen MR) is 102 cm³/mol. The highest BCUT2D eigenvalue weighted by molar-refractivity contribution is 7.94. The Kier molecular flexibility index (Phi) is 4.26. The molecule has 0 bridgehead atoms. The van der Waals surface area contributed by atoms with Crippen LogP contribution in [0.2, 0.25) is 0 Å². The first kappa shape index (κ1) is 17.7. The van der Waals surface area contributed by atoms with Crippen molar-refractivity contribution >= 4 is 27.5 Å². The number of fused-ring (bicyclic) bond motifs is 1. The van der Waals surface area contributed by atoms with Crippen LogP contribution in [0.3, 0.4) is 0 Å². The molecule has 2 aromatic carbocycles. The first-order valence-corrected chi connectivity index (χ1v) is 10.5. The average Bonchev–Trinajstić information content (AvgIpc) is 2.87. The van der Waals surface area contributed by atoms with Gasteiger partial charge in [0.25, 0.3) is 5.91 Å². The van der Waals surface area contributed by atoms with E-state index in [0.717, 1.165) is 16.3 Å². The minimum Gasteiger partial charge on any atom is -0.334 e. The summed E-state index contributed by atoms with van der Waals surface area (Å²) in [5.41, 5.74) is 3.18. The van der Waals surface area contributed by atoms with E-state index >= 15 is 0 Å². The van der Waals surface area contributed by atoms with Crippen LogP contribution >= 0.6 is 0 Å². The van der Waals surface area contributed by atoms with E-state index in [1.807, 2.05) is 18.2 Å². The van der Waals surface area contributed by atoms with Crippen molar-refractivity contribution in [1.29, 1.82) is 0 Å². The van der Waals surface area contributed by atoms with Gasteiger partial charge in [-0.25, -0.2) is 12.7 Å². The third kappa shape index (κ3) is 3.12. The fourth-order valence-electron chi connectivity index (χ4n) is 3.68. The second-order valence-corrected chi connectivity index (χ2v) is 8.94. The van der Waals surface area contributed by atoms with Gasteiger partial charge in [-0.3, -0.25) is 9.59 Å². The second kappa shape index (κ2) is 6.49. The number of rotatable bonds is 2. The largest absolute Gasteiger partial charge is 0.334 e. The lowest BCUT2D eigenvalue weighted by atomic mass is 9.99. The van der Waals surface area contributed by atoms with E-state index in [2.05, 4.69) is 6.07 Å². The summed E-state index contributed by atoms with van der Waals surface area (Å²) in [5, 5.41) is 0. The summed E-state index contributed by atoms with van der Waals surface area (Å²) in [7, 11) is -3.64. The van der Waals surface area contributed by atoms with Crippen molar-refractivity contribution < 1.29 is 18.0 Å². The van der Waals surface area contributed by atoms with Gasteiger partial charge < -0.3 is 4.90 Å². The Hall–Kier alpha value is -2.67. The van der Waals surface area contributed by atoms with Gasteiger partial charge in [0.15, 0.2) is 0 Å². The van der Waals surface area contributed by atoms with Crippen LogP contribution in [0.5, 0.6) is 0 Å². The zero-order valence-corrected chi connectivity index (χ0v) is 15.8. The molecule has 140 valence electrons. The highest BCUT2D eigenvalue weighted by Gasteiger charge is 2.41. The minimum atomic E-state index is -3.64. The van der Waals surface area contributed by atoms with Gasteiger partial charge in [-0.15, -0.1) is 0 Å². The minimum absolute atomic E-state index is 0.0972. The third-order valence-corrected chi connectivity index (χ3v) is 7.00. The summed E-state index contributed by atoms with van der Waals surface area (Å²) in [6.07, 6.45) is 0.818. The lowest BCUT2D eigenvalue weighted by Crippen LogP contribution is -2.36. The average molecular weight is 384 g/mol. The summed E-state index contributed by atoms with van der Waals surface area (Å²) in [4.78, 5) is 26.8. The third-order valence-electron chi connectivity index (χ3n) is 5.13. The number of hydrogen-bond acceptors (Lipinski definition) is 4. The summed E-state index contributed by atoms with van der Waals surface area (Å²) >= 11 is 0. The van der Waals surface area contributed by atoms with Gasteiger partial charge in [-0.1, -0.05) is 31.2 Å². The van der Waals surface area contributed by atoms with Crippen LogP contribution in [0.15, 0.2) is 48.5 Å². The van der Waals surface area contributed by atoms with E-state index in [1.165, 1.54) is 17.7 Å². The Morgan fingerprint density at radius 2 is 1.70 bits per heavy atom. The van der Waals surface area contributed by atoms with Gasteiger partial charge in [-0.05, 0) is 41.8 Å². The smallest absolute Gasteiger partial charge is 0.254 e. The van der Waals surface area contributed by atoms with Crippen LogP contribution in [0, 0.1) is 5.92 Å². The summed E-state index contributed by atoms with van der Waals surface area (Å²) in [6.45, 7) is 2.81. The van der Waals surface area contributed by atoms with Crippen LogP contribution in [0.25, 0.3) is 0 Å². The van der Waals surface area contributed by atoms with Crippen molar-refractivity contribution in [3.63, 3.8) is 0 Å². The highest BCUT2D eigenvalue weighted by Crippen LogP contribution is 2.29. The number of hydrogen-bond donors (Lipinski definition) is 0. The normalized spacial score (nSPS) is 21.2. The molecule has 2 aliphatic heterocycles. The van der Waals surface area contributed by atoms with E-state index in [1.54, 1.807) is 24.0 Å². The van der Waals surface area contributed by atoms with Crippen LogP contribution in [0.1, 0.15) is 28.4 Å². The Balaban J connectivity index is 1.55. The Morgan fingerprint density at radius 1 is 1.04 bits per heavy atom. The lowest BCUT2D eigenvalue weighted by molar-refractivity contribution is -0.119. The molecule has 1 saturated heterocycles. The van der Waals surface area contributed by atoms with Crippen molar-refractivity contribution in [3.05, 3.63) is 65.2 Å². The number of anilines is 1. The van der Waals surface area contributed by atoms with E-state index in [0.29, 0.717) is 18.7 Å². The second-order valence-electron chi connectivity index (χ2n) is 7.07. The van der Waals surface area contributed by atoms with Gasteiger partial charge in [0.05, 0.1) is 17.4 Å².